The van der Waals surface area contributed by atoms with Gasteiger partial charge >= 0.3 is 0 Å². The maximum atomic E-state index is 12.5. The highest BCUT2D eigenvalue weighted by atomic mass is 32.1. The summed E-state index contributed by atoms with van der Waals surface area (Å²) in [5, 5.41) is 7.07. The molecule has 1 aliphatic rings. The molecule has 6 rings (SSSR count). The monoisotopic (exact) mass is 588 g/mol. The normalized spacial score (nSPS) is 16.1. The van der Waals surface area contributed by atoms with Gasteiger partial charge in [-0.3, -0.25) is 14.8 Å². The molecule has 8 nitrogen and oxygen atoms in total. The van der Waals surface area contributed by atoms with E-state index < -0.39 is 0 Å². The topological polar surface area (TPSA) is 84.3 Å². The van der Waals surface area contributed by atoms with E-state index in [0.29, 0.717) is 16.5 Å². The number of hydrogen-bond acceptors (Lipinski definition) is 5. The molecule has 4 heterocycles. The maximum Gasteiger partial charge on any atom is 0.262 e. The lowest BCUT2D eigenvalue weighted by molar-refractivity contribution is -0.118. The van der Waals surface area contributed by atoms with Crippen LogP contribution in [0.1, 0.15) is 40.3 Å². The van der Waals surface area contributed by atoms with E-state index in [1.54, 1.807) is 6.20 Å². The minimum Gasteiger partial charge on any atom is -0.484 e. The third-order valence-corrected chi connectivity index (χ3v) is 7.95. The smallest absolute Gasteiger partial charge is 0.262 e. The second kappa shape index (κ2) is 12.5. The van der Waals surface area contributed by atoms with Gasteiger partial charge in [-0.15, -0.1) is 0 Å². The van der Waals surface area contributed by atoms with E-state index in [1.807, 2.05) is 91.3 Å². The second-order valence-electron chi connectivity index (χ2n) is 10.5. The lowest BCUT2D eigenvalue weighted by Crippen LogP contribution is -2.29. The highest BCUT2D eigenvalue weighted by molar-refractivity contribution is 7.80. The number of para-hydroxylation sites is 1. The zero-order chi connectivity index (χ0) is 29.8. The molecule has 0 spiro atoms. The van der Waals surface area contributed by atoms with Gasteiger partial charge in [0.1, 0.15) is 5.75 Å². The Balaban J connectivity index is 1.28. The van der Waals surface area contributed by atoms with Crippen molar-refractivity contribution in [1.29, 1.82) is 0 Å². The number of amides is 1. The van der Waals surface area contributed by atoms with E-state index in [4.69, 9.17) is 17.0 Å². The molecule has 0 radical (unpaired) electrons. The summed E-state index contributed by atoms with van der Waals surface area (Å²) >= 11 is 5.93. The molecule has 1 fully saturated rings. The van der Waals surface area contributed by atoms with Crippen molar-refractivity contribution in [2.24, 2.45) is 0 Å². The van der Waals surface area contributed by atoms with Crippen LogP contribution in [0.4, 0.5) is 11.4 Å². The van der Waals surface area contributed by atoms with Gasteiger partial charge < -0.3 is 24.8 Å². The van der Waals surface area contributed by atoms with Gasteiger partial charge in [0.15, 0.2) is 11.7 Å². The molecule has 2 atom stereocenters. The summed E-state index contributed by atoms with van der Waals surface area (Å²) in [6.45, 7) is 4.94. The molecule has 216 valence electrons. The summed E-state index contributed by atoms with van der Waals surface area (Å²) < 4.78 is 7.90. The lowest BCUT2D eigenvalue weighted by atomic mass is 9.96. The Hall–Kier alpha value is -5.02. The van der Waals surface area contributed by atoms with Crippen LogP contribution in [0.5, 0.6) is 5.75 Å². The van der Waals surface area contributed by atoms with Crippen LogP contribution in [0.15, 0.2) is 110 Å². The molecule has 2 N–H and O–H groups in total. The van der Waals surface area contributed by atoms with Crippen LogP contribution in [-0.2, 0) is 11.3 Å². The molecular formula is C34H32N6O2S. The molecule has 0 aliphatic carbocycles. The second-order valence-corrected chi connectivity index (χ2v) is 10.9. The number of rotatable bonds is 9. The van der Waals surface area contributed by atoms with Gasteiger partial charge in [0, 0.05) is 47.9 Å². The van der Waals surface area contributed by atoms with E-state index >= 15 is 0 Å². The van der Waals surface area contributed by atoms with E-state index in [1.165, 1.54) is 5.56 Å². The Kier molecular flexibility index (Phi) is 8.15. The zero-order valence-corrected chi connectivity index (χ0v) is 24.8. The number of anilines is 2. The minimum absolute atomic E-state index is 0.0750. The van der Waals surface area contributed by atoms with Gasteiger partial charge in [0.05, 0.1) is 17.8 Å². The number of carbonyl (C=O) groups excluding carboxylic acids is 1. The van der Waals surface area contributed by atoms with Gasteiger partial charge in [-0.2, -0.15) is 0 Å². The summed E-state index contributed by atoms with van der Waals surface area (Å²) in [5.41, 5.74) is 7.13. The number of nitrogens with one attached hydrogen (secondary N) is 2. The van der Waals surface area contributed by atoms with Crippen LogP contribution in [0.2, 0.25) is 0 Å². The molecule has 2 unspecified atom stereocenters. The fourth-order valence-corrected chi connectivity index (χ4v) is 5.91. The van der Waals surface area contributed by atoms with Crippen LogP contribution in [-0.4, -0.2) is 32.2 Å². The summed E-state index contributed by atoms with van der Waals surface area (Å²) in [7, 11) is 0. The number of nitrogens with zero attached hydrogens (tertiary/aromatic N) is 4. The molecule has 5 aromatic rings. The fraction of sp³-hybridized carbons (Fsp3) is 0.176. The number of hydrogen-bond donors (Lipinski definition) is 2. The van der Waals surface area contributed by atoms with Crippen LogP contribution in [0.3, 0.4) is 0 Å². The average Bonchev–Trinajstić information content (AvgIpc) is 3.52. The third kappa shape index (κ3) is 6.12. The molecular weight excluding hydrogens is 556 g/mol. The van der Waals surface area contributed by atoms with Crippen molar-refractivity contribution >= 4 is 34.6 Å². The van der Waals surface area contributed by atoms with Crippen LogP contribution in [0.25, 0.3) is 0 Å². The standard InChI is InChI=1S/C34H32N6O2S/c1-23-19-29(24(2)39(23)21-25-9-8-17-35-20-25)33-32(30-12-6-7-18-36-30)38-34(43)40(33)27-15-13-26(14-16-27)37-31(41)22-42-28-10-4-3-5-11-28/h3-20,32-33H,21-22H2,1-2H3,(H,37,41)(H,38,43). The number of benzene rings is 2. The highest BCUT2D eigenvalue weighted by Gasteiger charge is 2.42. The van der Waals surface area contributed by atoms with Crippen LogP contribution >= 0.6 is 12.2 Å². The van der Waals surface area contributed by atoms with Crippen molar-refractivity contribution in [2.75, 3.05) is 16.8 Å². The van der Waals surface area contributed by atoms with Crippen molar-refractivity contribution < 1.29 is 9.53 Å². The third-order valence-electron chi connectivity index (χ3n) is 7.64. The van der Waals surface area contributed by atoms with Gasteiger partial charge in [-0.05, 0) is 97.9 Å². The first kappa shape index (κ1) is 28.1. The summed E-state index contributed by atoms with van der Waals surface area (Å²) in [5.74, 6) is 0.417. The molecule has 1 amide bonds. The van der Waals surface area contributed by atoms with E-state index in [0.717, 1.165) is 34.9 Å². The van der Waals surface area contributed by atoms with E-state index in [9.17, 15) is 4.79 Å². The molecule has 9 heteroatoms. The summed E-state index contributed by atoms with van der Waals surface area (Å²) in [6.07, 6.45) is 5.51. The molecule has 43 heavy (non-hydrogen) atoms. The van der Waals surface area contributed by atoms with Crippen molar-refractivity contribution in [3.8, 4) is 5.75 Å². The number of carbonyl (C=O) groups is 1. The minimum atomic E-state index is -0.232. The van der Waals surface area contributed by atoms with Crippen molar-refractivity contribution in [1.82, 2.24) is 19.9 Å². The number of aryl methyl sites for hydroxylation is 1. The van der Waals surface area contributed by atoms with Crippen molar-refractivity contribution in [2.45, 2.75) is 32.5 Å². The van der Waals surface area contributed by atoms with Gasteiger partial charge in [-0.1, -0.05) is 30.3 Å². The summed E-state index contributed by atoms with van der Waals surface area (Å²) in [6, 6.07) is 28.9. The first-order valence-corrected chi connectivity index (χ1v) is 14.5. The number of ether oxygens (including phenoxy) is 1. The van der Waals surface area contributed by atoms with Gasteiger partial charge in [-0.25, -0.2) is 0 Å². The quantitative estimate of drug-likeness (QED) is 0.200. The predicted octanol–water partition coefficient (Wildman–Crippen LogP) is 6.14. The van der Waals surface area contributed by atoms with Gasteiger partial charge in [0.2, 0.25) is 0 Å². The Morgan fingerprint density at radius 1 is 0.977 bits per heavy atom. The first-order valence-electron chi connectivity index (χ1n) is 14.1. The highest BCUT2D eigenvalue weighted by Crippen LogP contribution is 2.43. The SMILES string of the molecule is Cc1cc(C2C(c3ccccn3)NC(=S)N2c2ccc(NC(=O)COc3ccccc3)cc2)c(C)n1Cc1cccnc1. The van der Waals surface area contributed by atoms with Crippen LogP contribution in [0, 0.1) is 13.8 Å². The molecule has 0 bridgehead atoms. The Morgan fingerprint density at radius 3 is 2.49 bits per heavy atom. The van der Waals surface area contributed by atoms with Gasteiger partial charge in [0.25, 0.3) is 5.91 Å². The largest absolute Gasteiger partial charge is 0.484 e. The Bertz CT molecular complexity index is 1710. The Labute approximate surface area is 256 Å². The predicted molar refractivity (Wildman–Crippen MR) is 172 cm³/mol. The average molecular weight is 589 g/mol. The molecule has 0 saturated carbocycles. The number of thiocarbonyl (C=S) groups is 1. The first-order chi connectivity index (χ1) is 21.0. The van der Waals surface area contributed by atoms with Crippen molar-refractivity contribution in [3.63, 3.8) is 0 Å². The number of pyridine rings is 2. The van der Waals surface area contributed by atoms with Crippen LogP contribution < -0.4 is 20.3 Å². The molecule has 1 aliphatic heterocycles. The van der Waals surface area contributed by atoms with E-state index in [-0.39, 0.29) is 24.6 Å². The summed E-state index contributed by atoms with van der Waals surface area (Å²) in [4.78, 5) is 23.7. The van der Waals surface area contributed by atoms with E-state index in [2.05, 4.69) is 56.0 Å². The molecule has 3 aromatic heterocycles. The molecule has 1 saturated heterocycles. The lowest BCUT2D eigenvalue weighted by Gasteiger charge is -2.28. The van der Waals surface area contributed by atoms with Crippen molar-refractivity contribution in [3.05, 3.63) is 138 Å². The fourth-order valence-electron chi connectivity index (χ4n) is 5.56. The maximum absolute atomic E-state index is 12.5. The zero-order valence-electron chi connectivity index (χ0n) is 24.0. The number of aromatic nitrogens is 3. The Morgan fingerprint density at radius 2 is 1.77 bits per heavy atom. The molecule has 2 aromatic carbocycles.